The molecule has 3 aromatic rings. The average molecular weight is 413 g/mol. The summed E-state index contributed by atoms with van der Waals surface area (Å²) in [5.41, 5.74) is 2.79. The van der Waals surface area contributed by atoms with Gasteiger partial charge in [0.1, 0.15) is 10.6 Å². The molecule has 0 atom stereocenters. The highest BCUT2D eigenvalue weighted by atomic mass is 32.2. The number of carbonyl (C=O) groups is 1. The molecule has 1 heterocycles. The van der Waals surface area contributed by atoms with Crippen molar-refractivity contribution >= 4 is 32.9 Å². The Kier molecular flexibility index (Phi) is 6.36. The van der Waals surface area contributed by atoms with Crippen LogP contribution in [0, 0.1) is 0 Å². The van der Waals surface area contributed by atoms with Gasteiger partial charge in [0.15, 0.2) is 0 Å². The third-order valence-corrected chi connectivity index (χ3v) is 5.98. The van der Waals surface area contributed by atoms with E-state index in [1.54, 1.807) is 18.2 Å². The minimum Gasteiger partial charge on any atom is -0.495 e. The van der Waals surface area contributed by atoms with Gasteiger partial charge in [-0.25, -0.2) is 13.1 Å². The Morgan fingerprint density at radius 3 is 2.76 bits per heavy atom. The molecule has 2 aromatic carbocycles. The highest BCUT2D eigenvalue weighted by Crippen LogP contribution is 2.25. The van der Waals surface area contributed by atoms with E-state index in [1.807, 2.05) is 30.5 Å². The van der Waals surface area contributed by atoms with Crippen molar-refractivity contribution in [2.75, 3.05) is 20.7 Å². The topological polar surface area (TPSA) is 100 Å². The maximum Gasteiger partial charge on any atom is 0.244 e. The summed E-state index contributed by atoms with van der Waals surface area (Å²) in [6.45, 7) is 0.493. The Morgan fingerprint density at radius 2 is 2.00 bits per heavy atom. The third kappa shape index (κ3) is 4.85. The molecule has 1 amide bonds. The first-order valence-electron chi connectivity index (χ1n) is 9.07. The van der Waals surface area contributed by atoms with E-state index in [1.165, 1.54) is 26.3 Å². The van der Waals surface area contributed by atoms with Crippen molar-refractivity contribution in [3.05, 3.63) is 65.9 Å². The van der Waals surface area contributed by atoms with Gasteiger partial charge in [0.05, 0.1) is 7.11 Å². The first-order chi connectivity index (χ1) is 13.9. The number of amides is 1. The fourth-order valence-electron chi connectivity index (χ4n) is 3.01. The van der Waals surface area contributed by atoms with Gasteiger partial charge in [-0.05, 0) is 48.9 Å². The summed E-state index contributed by atoms with van der Waals surface area (Å²) in [4.78, 5) is 15.3. The van der Waals surface area contributed by atoms with Gasteiger partial charge in [-0.1, -0.05) is 24.3 Å². The third-order valence-electron chi connectivity index (χ3n) is 4.54. The van der Waals surface area contributed by atoms with Crippen LogP contribution in [0.5, 0.6) is 5.75 Å². The molecule has 0 aliphatic carbocycles. The number of nitrogens with one attached hydrogen (secondary N) is 3. The van der Waals surface area contributed by atoms with E-state index < -0.39 is 10.0 Å². The number of hydrogen-bond donors (Lipinski definition) is 3. The number of benzene rings is 2. The van der Waals surface area contributed by atoms with Gasteiger partial charge in [-0.15, -0.1) is 0 Å². The second-order valence-corrected chi connectivity index (χ2v) is 8.21. The Hall–Kier alpha value is -3.10. The molecule has 7 nitrogen and oxygen atoms in total. The van der Waals surface area contributed by atoms with Gasteiger partial charge >= 0.3 is 0 Å². The molecule has 1 aromatic heterocycles. The number of sulfonamides is 1. The van der Waals surface area contributed by atoms with E-state index in [0.29, 0.717) is 18.5 Å². The lowest BCUT2D eigenvalue weighted by atomic mass is 10.1. The van der Waals surface area contributed by atoms with Gasteiger partial charge < -0.3 is 15.0 Å². The van der Waals surface area contributed by atoms with Gasteiger partial charge in [-0.2, -0.15) is 0 Å². The molecule has 0 saturated heterocycles. The molecule has 0 fully saturated rings. The molecule has 0 bridgehead atoms. The van der Waals surface area contributed by atoms with Gasteiger partial charge in [0.2, 0.25) is 15.9 Å². The SMILES string of the molecule is CNS(=O)(=O)c1cc(/C=C/C(=O)NCCc2c[nH]c3ccccc23)ccc1OC. The Bertz CT molecular complexity index is 1150. The lowest BCUT2D eigenvalue weighted by molar-refractivity contribution is -0.116. The minimum atomic E-state index is -3.67. The zero-order valence-electron chi connectivity index (χ0n) is 16.2. The number of methoxy groups -OCH3 is 1. The summed E-state index contributed by atoms with van der Waals surface area (Å²) >= 11 is 0. The first-order valence-corrected chi connectivity index (χ1v) is 10.6. The minimum absolute atomic E-state index is 0.0180. The van der Waals surface area contributed by atoms with Crippen LogP contribution in [0.15, 0.2) is 59.6 Å². The molecule has 8 heteroatoms. The smallest absolute Gasteiger partial charge is 0.244 e. The molecule has 3 N–H and O–H groups in total. The molecule has 0 unspecified atom stereocenters. The van der Waals surface area contributed by atoms with E-state index in [-0.39, 0.29) is 16.6 Å². The van der Waals surface area contributed by atoms with Crippen molar-refractivity contribution in [2.24, 2.45) is 0 Å². The quantitative estimate of drug-likeness (QED) is 0.494. The van der Waals surface area contributed by atoms with E-state index in [0.717, 1.165) is 16.5 Å². The maximum atomic E-state index is 12.1. The number of fused-ring (bicyclic) bond motifs is 1. The summed E-state index contributed by atoms with van der Waals surface area (Å²) in [6, 6.07) is 12.7. The number of aromatic amines is 1. The molecular formula is C21H23N3O4S. The predicted octanol–water partition coefficient (Wildman–Crippen LogP) is 2.46. The molecule has 152 valence electrons. The standard InChI is InChI=1S/C21H23N3O4S/c1-22-29(26,27)20-13-15(7-9-19(20)28-2)8-10-21(25)23-12-11-16-14-24-18-6-4-3-5-17(16)18/h3-10,13-14,22,24H,11-12H2,1-2H3,(H,23,25)/b10-8+. The number of carbonyl (C=O) groups excluding carboxylic acids is 1. The number of ether oxygens (including phenoxy) is 1. The van der Waals surface area contributed by atoms with Gasteiger partial charge in [0, 0.05) is 29.7 Å². The summed E-state index contributed by atoms with van der Waals surface area (Å²) < 4.78 is 31.6. The molecule has 0 radical (unpaired) electrons. The van der Waals surface area contributed by atoms with E-state index >= 15 is 0 Å². The van der Waals surface area contributed by atoms with Crippen molar-refractivity contribution < 1.29 is 17.9 Å². The van der Waals surface area contributed by atoms with Gasteiger partial charge in [0.25, 0.3) is 0 Å². The largest absolute Gasteiger partial charge is 0.495 e. The molecular weight excluding hydrogens is 390 g/mol. The summed E-state index contributed by atoms with van der Waals surface area (Å²) in [7, 11) is -0.936. The Morgan fingerprint density at radius 1 is 1.21 bits per heavy atom. The Balaban J connectivity index is 1.62. The van der Waals surface area contributed by atoms with Crippen LogP contribution >= 0.6 is 0 Å². The number of aromatic nitrogens is 1. The van der Waals surface area contributed by atoms with Crippen LogP contribution in [0.25, 0.3) is 17.0 Å². The van der Waals surface area contributed by atoms with Crippen LogP contribution in [0.3, 0.4) is 0 Å². The van der Waals surface area contributed by atoms with E-state index in [9.17, 15) is 13.2 Å². The molecule has 3 rings (SSSR count). The normalized spacial score (nSPS) is 11.8. The van der Waals surface area contributed by atoms with E-state index in [2.05, 4.69) is 15.0 Å². The van der Waals surface area contributed by atoms with Crippen molar-refractivity contribution in [3.8, 4) is 5.75 Å². The average Bonchev–Trinajstić information content (AvgIpc) is 3.15. The Labute approximate surface area is 169 Å². The summed E-state index contributed by atoms with van der Waals surface area (Å²) in [5, 5.41) is 3.99. The second-order valence-electron chi connectivity index (χ2n) is 6.35. The number of para-hydroxylation sites is 1. The van der Waals surface area contributed by atoms with Crippen molar-refractivity contribution in [1.82, 2.24) is 15.0 Å². The zero-order chi connectivity index (χ0) is 20.9. The monoisotopic (exact) mass is 413 g/mol. The fourth-order valence-corrected chi connectivity index (χ4v) is 3.93. The molecule has 0 spiro atoms. The number of H-pyrrole nitrogens is 1. The number of rotatable bonds is 8. The second kappa shape index (κ2) is 8.93. The van der Waals surface area contributed by atoms with Crippen LogP contribution in [0.4, 0.5) is 0 Å². The lowest BCUT2D eigenvalue weighted by Gasteiger charge is -2.09. The summed E-state index contributed by atoms with van der Waals surface area (Å²) in [6.07, 6.45) is 5.60. The zero-order valence-corrected chi connectivity index (χ0v) is 17.0. The predicted molar refractivity (Wildman–Crippen MR) is 113 cm³/mol. The highest BCUT2D eigenvalue weighted by molar-refractivity contribution is 7.89. The molecule has 0 aliphatic heterocycles. The molecule has 29 heavy (non-hydrogen) atoms. The van der Waals surface area contributed by atoms with Crippen LogP contribution in [0.1, 0.15) is 11.1 Å². The van der Waals surface area contributed by atoms with Crippen molar-refractivity contribution in [2.45, 2.75) is 11.3 Å². The number of hydrogen-bond acceptors (Lipinski definition) is 4. The fraction of sp³-hybridized carbons (Fsp3) is 0.190. The van der Waals surface area contributed by atoms with E-state index in [4.69, 9.17) is 4.74 Å². The summed E-state index contributed by atoms with van der Waals surface area (Å²) in [5.74, 6) is -0.0154. The molecule has 0 saturated carbocycles. The van der Waals surface area contributed by atoms with Crippen LogP contribution in [-0.2, 0) is 21.2 Å². The van der Waals surface area contributed by atoms with Crippen molar-refractivity contribution in [3.63, 3.8) is 0 Å². The van der Waals surface area contributed by atoms with Crippen LogP contribution in [-0.4, -0.2) is 40.0 Å². The first kappa shape index (κ1) is 20.6. The van der Waals surface area contributed by atoms with Gasteiger partial charge in [-0.3, -0.25) is 4.79 Å². The highest BCUT2D eigenvalue weighted by Gasteiger charge is 2.17. The lowest BCUT2D eigenvalue weighted by Crippen LogP contribution is -2.23. The van der Waals surface area contributed by atoms with Crippen LogP contribution < -0.4 is 14.8 Å². The van der Waals surface area contributed by atoms with Crippen LogP contribution in [0.2, 0.25) is 0 Å². The maximum absolute atomic E-state index is 12.1. The molecule has 0 aliphatic rings. The van der Waals surface area contributed by atoms with Crippen molar-refractivity contribution in [1.29, 1.82) is 0 Å².